The third-order valence-corrected chi connectivity index (χ3v) is 4.05. The Kier molecular flexibility index (Phi) is 6.87. The number of benzene rings is 1. The van der Waals surface area contributed by atoms with Crippen LogP contribution in [0.3, 0.4) is 0 Å². The van der Waals surface area contributed by atoms with Crippen LogP contribution in [0.4, 0.5) is 5.95 Å². The number of nitro groups is 1. The second-order valence-corrected chi connectivity index (χ2v) is 6.22. The van der Waals surface area contributed by atoms with Crippen LogP contribution in [-0.2, 0) is 0 Å². The first-order chi connectivity index (χ1) is 14.5. The fraction of sp³-hybridized carbons (Fsp3) is 0.353. The zero-order valence-electron chi connectivity index (χ0n) is 16.3. The lowest BCUT2D eigenvalue weighted by molar-refractivity contribution is -0.485. The molecule has 0 amide bonds. The molecule has 13 heteroatoms. The van der Waals surface area contributed by atoms with Gasteiger partial charge in [-0.2, -0.15) is 15.1 Å². The van der Waals surface area contributed by atoms with Crippen LogP contribution in [-0.4, -0.2) is 52.4 Å². The largest absolute Gasteiger partial charge is 0.467 e. The molecule has 13 nitrogen and oxygen atoms in total. The highest BCUT2D eigenvalue weighted by molar-refractivity contribution is 5.83. The molecule has 3 N–H and O–H groups in total. The standard InChI is InChI=1S/C17H21N9O4/c1-29-16-20-15(25-8-3-2-4-9-25)21-17(22-16)30-13-7-5-6-12(10-13)11-19-23-14(18)24-26(27)28/h5-7,10-11H,2-4,8-9H2,1H3,(H3,18,23,24)/b19-11+. The van der Waals surface area contributed by atoms with Gasteiger partial charge in [0.25, 0.3) is 5.96 Å². The van der Waals surface area contributed by atoms with Crippen molar-refractivity contribution in [3.05, 3.63) is 39.9 Å². The maximum atomic E-state index is 10.2. The van der Waals surface area contributed by atoms with E-state index >= 15 is 0 Å². The third-order valence-electron chi connectivity index (χ3n) is 4.05. The first-order valence-corrected chi connectivity index (χ1v) is 9.14. The number of ether oxygens (including phenoxy) is 2. The number of nitrogens with zero attached hydrogens (tertiary/aromatic N) is 7. The number of piperidine rings is 1. The SMILES string of the molecule is COc1nc(Oc2cccc(/C=N/N/C(N)=N/[N+](=O)[O-])c2)nc(N2CCCCC2)n1. The van der Waals surface area contributed by atoms with Gasteiger partial charge in [0, 0.05) is 13.1 Å². The van der Waals surface area contributed by atoms with Gasteiger partial charge < -0.3 is 20.1 Å². The van der Waals surface area contributed by atoms with Crippen LogP contribution >= 0.6 is 0 Å². The average Bonchev–Trinajstić information content (AvgIpc) is 2.74. The number of hydrogen-bond acceptors (Lipinski definition) is 9. The topological polar surface area (TPSA) is 166 Å². The predicted molar refractivity (Wildman–Crippen MR) is 108 cm³/mol. The summed E-state index contributed by atoms with van der Waals surface area (Å²) in [5.74, 6) is 0.536. The molecule has 1 aliphatic rings. The summed E-state index contributed by atoms with van der Waals surface area (Å²) < 4.78 is 11.0. The molecule has 1 aliphatic heterocycles. The van der Waals surface area contributed by atoms with E-state index in [1.54, 1.807) is 24.3 Å². The second kappa shape index (κ2) is 9.95. The quantitative estimate of drug-likeness (QED) is 0.289. The molecule has 0 saturated carbocycles. The number of hydrazone groups is 2. The van der Waals surface area contributed by atoms with E-state index in [1.165, 1.54) is 19.7 Å². The van der Waals surface area contributed by atoms with Crippen LogP contribution in [0.5, 0.6) is 17.8 Å². The molecule has 0 atom stereocenters. The first-order valence-electron chi connectivity index (χ1n) is 9.14. The van der Waals surface area contributed by atoms with Gasteiger partial charge in [-0.05, 0) is 37.0 Å². The number of aromatic nitrogens is 3. The first kappa shape index (κ1) is 20.7. The number of guanidine groups is 1. The Balaban J connectivity index is 1.73. The van der Waals surface area contributed by atoms with Gasteiger partial charge >= 0.3 is 12.0 Å². The molecule has 3 rings (SSSR count). The highest BCUT2D eigenvalue weighted by Gasteiger charge is 2.17. The summed E-state index contributed by atoms with van der Waals surface area (Å²) in [5, 5.41) is 16.0. The Morgan fingerprint density at radius 1 is 1.27 bits per heavy atom. The Labute approximate surface area is 171 Å². The number of anilines is 1. The zero-order chi connectivity index (χ0) is 21.3. The van der Waals surface area contributed by atoms with Crippen molar-refractivity contribution in [2.75, 3.05) is 25.1 Å². The van der Waals surface area contributed by atoms with E-state index in [9.17, 15) is 10.1 Å². The normalized spacial score (nSPS) is 14.6. The van der Waals surface area contributed by atoms with Crippen LogP contribution in [0.2, 0.25) is 0 Å². The van der Waals surface area contributed by atoms with E-state index in [-0.39, 0.29) is 12.0 Å². The van der Waals surface area contributed by atoms with Gasteiger partial charge in [-0.1, -0.05) is 12.1 Å². The van der Waals surface area contributed by atoms with Gasteiger partial charge in [0.15, 0.2) is 5.03 Å². The molecule has 0 radical (unpaired) electrons. The maximum Gasteiger partial charge on any atom is 0.330 e. The number of methoxy groups -OCH3 is 1. The van der Waals surface area contributed by atoms with E-state index in [4.69, 9.17) is 15.2 Å². The number of nitrogens with one attached hydrogen (secondary N) is 1. The predicted octanol–water partition coefficient (Wildman–Crippen LogP) is 1.09. The van der Waals surface area contributed by atoms with Gasteiger partial charge in [-0.15, -0.1) is 4.98 Å². The molecule has 1 aromatic heterocycles. The van der Waals surface area contributed by atoms with E-state index in [0.717, 1.165) is 25.9 Å². The molecule has 0 aliphatic carbocycles. The van der Waals surface area contributed by atoms with Gasteiger partial charge in [0.05, 0.1) is 13.3 Å². The average molecular weight is 415 g/mol. The summed E-state index contributed by atoms with van der Waals surface area (Å²) in [6, 6.07) is 7.19. The van der Waals surface area contributed by atoms with Gasteiger partial charge in [-0.3, -0.25) is 0 Å². The zero-order valence-corrected chi connectivity index (χ0v) is 16.3. The Morgan fingerprint density at radius 3 is 2.77 bits per heavy atom. The van der Waals surface area contributed by atoms with Crippen LogP contribution < -0.4 is 25.5 Å². The Bertz CT molecular complexity index is 945. The molecule has 1 fully saturated rings. The Hall–Kier alpha value is -4.03. The van der Waals surface area contributed by atoms with Crippen molar-refractivity contribution in [3.8, 4) is 17.8 Å². The monoisotopic (exact) mass is 415 g/mol. The number of hydrogen-bond donors (Lipinski definition) is 2. The minimum Gasteiger partial charge on any atom is -0.467 e. The minimum atomic E-state index is -0.923. The lowest BCUT2D eigenvalue weighted by atomic mass is 10.1. The molecule has 2 heterocycles. The van der Waals surface area contributed by atoms with Crippen molar-refractivity contribution >= 4 is 18.1 Å². The van der Waals surface area contributed by atoms with Gasteiger partial charge in [0.1, 0.15) is 10.9 Å². The fourth-order valence-corrected chi connectivity index (χ4v) is 2.75. The minimum absolute atomic E-state index is 0.108. The van der Waals surface area contributed by atoms with E-state index < -0.39 is 11.0 Å². The van der Waals surface area contributed by atoms with Crippen LogP contribution in [0.25, 0.3) is 0 Å². The van der Waals surface area contributed by atoms with Gasteiger partial charge in [0.2, 0.25) is 5.95 Å². The molecular weight excluding hydrogens is 394 g/mol. The summed E-state index contributed by atoms with van der Waals surface area (Å²) in [6.45, 7) is 1.74. The van der Waals surface area contributed by atoms with Crippen molar-refractivity contribution in [1.29, 1.82) is 0 Å². The van der Waals surface area contributed by atoms with Crippen LogP contribution in [0.15, 0.2) is 34.5 Å². The van der Waals surface area contributed by atoms with Crippen molar-refractivity contribution in [2.45, 2.75) is 19.3 Å². The van der Waals surface area contributed by atoms with Crippen LogP contribution in [0, 0.1) is 10.1 Å². The molecule has 158 valence electrons. The van der Waals surface area contributed by atoms with E-state index in [2.05, 4.69) is 35.5 Å². The summed E-state index contributed by atoms with van der Waals surface area (Å²) >= 11 is 0. The molecule has 0 spiro atoms. The van der Waals surface area contributed by atoms with Crippen molar-refractivity contribution in [1.82, 2.24) is 20.4 Å². The molecule has 1 saturated heterocycles. The Morgan fingerprint density at radius 2 is 2.03 bits per heavy atom. The summed E-state index contributed by atoms with van der Waals surface area (Å²) in [5.41, 5.74) is 8.19. The van der Waals surface area contributed by atoms with E-state index in [0.29, 0.717) is 17.3 Å². The lowest BCUT2D eigenvalue weighted by Gasteiger charge is -2.26. The fourth-order valence-electron chi connectivity index (χ4n) is 2.75. The highest BCUT2D eigenvalue weighted by atomic mass is 16.7. The number of rotatable bonds is 7. The van der Waals surface area contributed by atoms with Crippen LogP contribution in [0.1, 0.15) is 24.8 Å². The summed E-state index contributed by atoms with van der Waals surface area (Å²) in [4.78, 5) is 25.2. The summed E-state index contributed by atoms with van der Waals surface area (Å²) in [7, 11) is 1.48. The van der Waals surface area contributed by atoms with Crippen molar-refractivity contribution in [2.24, 2.45) is 15.9 Å². The van der Waals surface area contributed by atoms with E-state index in [1.807, 2.05) is 0 Å². The van der Waals surface area contributed by atoms with Gasteiger partial charge in [-0.25, -0.2) is 15.5 Å². The van der Waals surface area contributed by atoms with Crippen molar-refractivity contribution < 1.29 is 14.5 Å². The molecule has 1 aromatic carbocycles. The summed E-state index contributed by atoms with van der Waals surface area (Å²) in [6.07, 6.45) is 4.75. The molecule has 2 aromatic rings. The molecule has 0 bridgehead atoms. The highest BCUT2D eigenvalue weighted by Crippen LogP contribution is 2.24. The molecule has 0 unspecified atom stereocenters. The number of nitrogens with two attached hydrogens (primary N) is 1. The molecule has 30 heavy (non-hydrogen) atoms. The van der Waals surface area contributed by atoms with Crippen molar-refractivity contribution in [3.63, 3.8) is 0 Å². The molecular formula is C17H21N9O4. The third kappa shape index (κ3) is 5.98. The lowest BCUT2D eigenvalue weighted by Crippen LogP contribution is -2.31. The second-order valence-electron chi connectivity index (χ2n) is 6.22. The maximum absolute atomic E-state index is 10.2. The smallest absolute Gasteiger partial charge is 0.330 e.